The molecule has 1 aliphatic rings. The molecule has 0 bridgehead atoms. The van der Waals surface area contributed by atoms with Crippen LogP contribution in [0.3, 0.4) is 0 Å². The second kappa shape index (κ2) is 10.9. The van der Waals surface area contributed by atoms with Crippen molar-refractivity contribution in [2.75, 3.05) is 40.3 Å². The van der Waals surface area contributed by atoms with Crippen LogP contribution in [-0.2, 0) is 17.6 Å². The molecule has 2 heterocycles. The van der Waals surface area contributed by atoms with Gasteiger partial charge < -0.3 is 14.5 Å². The number of hydrogen-bond acceptors (Lipinski definition) is 5. The predicted molar refractivity (Wildman–Crippen MR) is 114 cm³/mol. The minimum atomic E-state index is 0.189. The Morgan fingerprint density at radius 1 is 1.21 bits per heavy atom. The SMILES string of the molecule is COc1ccccc1CCN1CCC(CN(C)C(=O)CCc2cnccn2)CC1. The number of rotatable bonds is 9. The lowest BCUT2D eigenvalue weighted by Crippen LogP contribution is -2.40. The molecule has 3 rings (SSSR count). The smallest absolute Gasteiger partial charge is 0.222 e. The van der Waals surface area contributed by atoms with Gasteiger partial charge in [-0.3, -0.25) is 14.8 Å². The Morgan fingerprint density at radius 3 is 2.72 bits per heavy atom. The number of ether oxygens (including phenoxy) is 1. The monoisotopic (exact) mass is 396 g/mol. The van der Waals surface area contributed by atoms with Crippen LogP contribution in [0.1, 0.15) is 30.5 Å². The van der Waals surface area contributed by atoms with Crippen LogP contribution in [0.5, 0.6) is 5.75 Å². The number of nitrogens with zero attached hydrogens (tertiary/aromatic N) is 4. The first-order chi connectivity index (χ1) is 14.2. The van der Waals surface area contributed by atoms with Crippen molar-refractivity contribution < 1.29 is 9.53 Å². The molecule has 1 aliphatic heterocycles. The van der Waals surface area contributed by atoms with Crippen LogP contribution < -0.4 is 4.74 Å². The fourth-order valence-electron chi connectivity index (χ4n) is 3.95. The first kappa shape index (κ1) is 21.2. The lowest BCUT2D eigenvalue weighted by molar-refractivity contribution is -0.130. The number of carbonyl (C=O) groups excluding carboxylic acids is 1. The molecule has 1 fully saturated rings. The zero-order chi connectivity index (χ0) is 20.5. The lowest BCUT2D eigenvalue weighted by Gasteiger charge is -2.34. The zero-order valence-electron chi connectivity index (χ0n) is 17.6. The quantitative estimate of drug-likeness (QED) is 0.652. The van der Waals surface area contributed by atoms with Gasteiger partial charge in [-0.15, -0.1) is 0 Å². The molecule has 1 aromatic carbocycles. The molecular weight excluding hydrogens is 364 g/mol. The number of para-hydroxylation sites is 1. The van der Waals surface area contributed by atoms with Crippen molar-refractivity contribution >= 4 is 5.91 Å². The summed E-state index contributed by atoms with van der Waals surface area (Å²) < 4.78 is 5.45. The highest BCUT2D eigenvalue weighted by molar-refractivity contribution is 5.76. The van der Waals surface area contributed by atoms with E-state index in [0.717, 1.165) is 56.9 Å². The van der Waals surface area contributed by atoms with Crippen molar-refractivity contribution in [3.8, 4) is 5.75 Å². The van der Waals surface area contributed by atoms with E-state index in [4.69, 9.17) is 4.74 Å². The predicted octanol–water partition coefficient (Wildman–Crippen LogP) is 2.83. The number of aryl methyl sites for hydroxylation is 1. The summed E-state index contributed by atoms with van der Waals surface area (Å²) in [6.45, 7) is 4.10. The molecule has 6 nitrogen and oxygen atoms in total. The Bertz CT molecular complexity index is 760. The molecule has 6 heteroatoms. The van der Waals surface area contributed by atoms with Crippen LogP contribution in [0.15, 0.2) is 42.9 Å². The summed E-state index contributed by atoms with van der Waals surface area (Å²) in [6.07, 6.45) is 9.50. The van der Waals surface area contributed by atoms with Gasteiger partial charge in [0, 0.05) is 45.1 Å². The van der Waals surface area contributed by atoms with Crippen molar-refractivity contribution in [1.82, 2.24) is 19.8 Å². The van der Waals surface area contributed by atoms with Gasteiger partial charge in [0.05, 0.1) is 12.8 Å². The molecule has 29 heavy (non-hydrogen) atoms. The Balaban J connectivity index is 1.36. The van der Waals surface area contributed by atoms with Gasteiger partial charge in [-0.25, -0.2) is 0 Å². The topological polar surface area (TPSA) is 58.6 Å². The fraction of sp³-hybridized carbons (Fsp3) is 0.522. The lowest BCUT2D eigenvalue weighted by atomic mass is 9.95. The Kier molecular flexibility index (Phi) is 7.99. The van der Waals surface area contributed by atoms with E-state index >= 15 is 0 Å². The van der Waals surface area contributed by atoms with Crippen LogP contribution in [0.4, 0.5) is 0 Å². The van der Waals surface area contributed by atoms with Crippen molar-refractivity contribution in [3.63, 3.8) is 0 Å². The molecule has 0 unspecified atom stereocenters. The molecule has 0 saturated carbocycles. The van der Waals surface area contributed by atoms with Crippen LogP contribution >= 0.6 is 0 Å². The summed E-state index contributed by atoms with van der Waals surface area (Å²) in [5.41, 5.74) is 2.14. The summed E-state index contributed by atoms with van der Waals surface area (Å²) in [5.74, 6) is 1.75. The molecule has 0 aliphatic carbocycles. The number of aromatic nitrogens is 2. The van der Waals surface area contributed by atoms with E-state index in [-0.39, 0.29) is 5.91 Å². The van der Waals surface area contributed by atoms with Gasteiger partial charge in [-0.2, -0.15) is 0 Å². The largest absolute Gasteiger partial charge is 0.496 e. The van der Waals surface area contributed by atoms with Crippen molar-refractivity contribution in [2.45, 2.75) is 32.1 Å². The fourth-order valence-corrected chi connectivity index (χ4v) is 3.95. The maximum absolute atomic E-state index is 12.4. The summed E-state index contributed by atoms with van der Waals surface area (Å²) in [4.78, 5) is 25.1. The third-order valence-electron chi connectivity index (χ3n) is 5.77. The van der Waals surface area contributed by atoms with E-state index < -0.39 is 0 Å². The summed E-state index contributed by atoms with van der Waals surface area (Å²) in [5, 5.41) is 0. The molecule has 1 saturated heterocycles. The first-order valence-electron chi connectivity index (χ1n) is 10.5. The molecule has 0 atom stereocenters. The Morgan fingerprint density at radius 2 is 2.00 bits per heavy atom. The Hall–Kier alpha value is -2.47. The number of benzene rings is 1. The van der Waals surface area contributed by atoms with Gasteiger partial charge in [0.1, 0.15) is 5.75 Å². The van der Waals surface area contributed by atoms with Crippen molar-refractivity contribution in [3.05, 3.63) is 54.1 Å². The molecule has 0 spiro atoms. The number of amides is 1. The summed E-state index contributed by atoms with van der Waals surface area (Å²) >= 11 is 0. The van der Waals surface area contributed by atoms with Crippen LogP contribution in [0.2, 0.25) is 0 Å². The molecule has 0 N–H and O–H groups in total. The van der Waals surface area contributed by atoms with E-state index in [0.29, 0.717) is 18.8 Å². The standard InChI is InChI=1S/C23H32N4O2/c1-26(23(28)8-7-21-17-24-12-13-25-21)18-19-9-14-27(15-10-19)16-11-20-5-3-4-6-22(20)29-2/h3-6,12-13,17,19H,7-11,14-16,18H2,1-2H3. The average Bonchev–Trinajstić information content (AvgIpc) is 2.77. The molecule has 2 aromatic rings. The zero-order valence-corrected chi connectivity index (χ0v) is 17.6. The highest BCUT2D eigenvalue weighted by Gasteiger charge is 2.22. The van der Waals surface area contributed by atoms with Gasteiger partial charge >= 0.3 is 0 Å². The molecule has 1 amide bonds. The number of carbonyl (C=O) groups is 1. The number of piperidine rings is 1. The highest BCUT2D eigenvalue weighted by Crippen LogP contribution is 2.21. The second-order valence-corrected chi connectivity index (χ2v) is 7.82. The van der Waals surface area contributed by atoms with Gasteiger partial charge in [0.25, 0.3) is 0 Å². The van der Waals surface area contributed by atoms with E-state index in [2.05, 4.69) is 27.0 Å². The van der Waals surface area contributed by atoms with E-state index in [1.165, 1.54) is 5.56 Å². The summed E-state index contributed by atoms with van der Waals surface area (Å²) in [6, 6.07) is 8.26. The first-order valence-corrected chi connectivity index (χ1v) is 10.5. The van der Waals surface area contributed by atoms with Gasteiger partial charge in [-0.1, -0.05) is 18.2 Å². The van der Waals surface area contributed by atoms with Crippen LogP contribution in [-0.4, -0.2) is 66.0 Å². The van der Waals surface area contributed by atoms with E-state index in [9.17, 15) is 4.79 Å². The maximum Gasteiger partial charge on any atom is 0.222 e. The number of likely N-dealkylation sites (tertiary alicyclic amines) is 1. The molecular formula is C23H32N4O2. The molecule has 0 radical (unpaired) electrons. The average molecular weight is 397 g/mol. The third-order valence-corrected chi connectivity index (χ3v) is 5.77. The summed E-state index contributed by atoms with van der Waals surface area (Å²) in [7, 11) is 3.66. The minimum absolute atomic E-state index is 0.189. The molecule has 156 valence electrons. The van der Waals surface area contributed by atoms with Crippen LogP contribution in [0, 0.1) is 5.92 Å². The minimum Gasteiger partial charge on any atom is -0.496 e. The normalized spacial score (nSPS) is 15.2. The molecule has 1 aromatic heterocycles. The van der Waals surface area contributed by atoms with E-state index in [1.54, 1.807) is 25.7 Å². The number of methoxy groups -OCH3 is 1. The van der Waals surface area contributed by atoms with Crippen molar-refractivity contribution in [1.29, 1.82) is 0 Å². The van der Waals surface area contributed by atoms with Crippen molar-refractivity contribution in [2.24, 2.45) is 5.92 Å². The van der Waals surface area contributed by atoms with Gasteiger partial charge in [-0.05, 0) is 56.3 Å². The van der Waals surface area contributed by atoms with Gasteiger partial charge in [0.2, 0.25) is 5.91 Å². The number of hydrogen-bond donors (Lipinski definition) is 0. The van der Waals surface area contributed by atoms with E-state index in [1.807, 2.05) is 24.1 Å². The maximum atomic E-state index is 12.4. The Labute approximate surface area is 173 Å². The van der Waals surface area contributed by atoms with Gasteiger partial charge in [0.15, 0.2) is 0 Å². The second-order valence-electron chi connectivity index (χ2n) is 7.82. The van der Waals surface area contributed by atoms with Crippen LogP contribution in [0.25, 0.3) is 0 Å². The highest BCUT2D eigenvalue weighted by atomic mass is 16.5. The third kappa shape index (κ3) is 6.53.